The number of hydrogen-bond acceptors (Lipinski definition) is 4. The van der Waals surface area contributed by atoms with Crippen molar-refractivity contribution in [2.45, 2.75) is 46.0 Å². The lowest BCUT2D eigenvalue weighted by Gasteiger charge is -2.25. The molecule has 25 heavy (non-hydrogen) atoms. The lowest BCUT2D eigenvalue weighted by atomic mass is 10.1. The van der Waals surface area contributed by atoms with Crippen LogP contribution in [0.4, 0.5) is 22.7 Å². The molecule has 1 aromatic carbocycles. The van der Waals surface area contributed by atoms with Crippen LogP contribution < -0.4 is 5.73 Å². The number of hydrogen-bond donors (Lipinski definition) is 1. The molecule has 0 aliphatic heterocycles. The van der Waals surface area contributed by atoms with Gasteiger partial charge in [0.2, 0.25) is 0 Å². The van der Waals surface area contributed by atoms with E-state index in [4.69, 9.17) is 5.73 Å². The van der Waals surface area contributed by atoms with Gasteiger partial charge in [-0.3, -0.25) is 4.90 Å². The number of rotatable bonds is 6. The fraction of sp³-hybridized carbons (Fsp3) is 0.471. The average molecular weight is 375 g/mol. The number of nitrogens with two attached hydrogens (primary N) is 1. The Labute approximate surface area is 148 Å². The molecule has 0 fully saturated rings. The molecule has 0 aliphatic carbocycles. The van der Waals surface area contributed by atoms with E-state index >= 15 is 0 Å². The molecular weight excluding hydrogens is 354 g/mol. The second kappa shape index (κ2) is 7.70. The molecule has 0 unspecified atom stereocenters. The zero-order chi connectivity index (χ0) is 18.8. The molecule has 0 atom stereocenters. The van der Waals surface area contributed by atoms with Crippen molar-refractivity contribution in [3.63, 3.8) is 0 Å². The first-order valence-electron chi connectivity index (χ1n) is 7.99. The molecule has 0 amide bonds. The molecule has 3 nitrogen and oxygen atoms in total. The molecule has 1 aromatic heterocycles. The van der Waals surface area contributed by atoms with Gasteiger partial charge in [-0.1, -0.05) is 6.92 Å². The Bertz CT molecular complexity index is 725. The Morgan fingerprint density at radius 3 is 2.48 bits per heavy atom. The third kappa shape index (κ3) is 4.92. The number of benzene rings is 1. The number of thiazole rings is 1. The number of nitrogen functional groups attached to an aromatic ring is 1. The first-order valence-corrected chi connectivity index (χ1v) is 8.80. The fourth-order valence-corrected chi connectivity index (χ4v) is 3.46. The SMILES string of the molecule is CCCN(Cc1sc(N)nc1-c1cc(F)cc(C(F)(F)F)c1)C(C)C. The monoisotopic (exact) mass is 375 g/mol. The van der Waals surface area contributed by atoms with E-state index in [9.17, 15) is 17.6 Å². The summed E-state index contributed by atoms with van der Waals surface area (Å²) in [6, 6.07) is 2.72. The van der Waals surface area contributed by atoms with Crippen LogP contribution in [0.1, 0.15) is 37.6 Å². The number of alkyl halides is 3. The zero-order valence-electron chi connectivity index (χ0n) is 14.3. The number of halogens is 4. The molecular formula is C17H21F4N3S. The molecule has 0 saturated carbocycles. The van der Waals surface area contributed by atoms with Gasteiger partial charge in [0.05, 0.1) is 11.3 Å². The lowest BCUT2D eigenvalue weighted by Crippen LogP contribution is -2.30. The zero-order valence-corrected chi connectivity index (χ0v) is 15.1. The Morgan fingerprint density at radius 1 is 1.24 bits per heavy atom. The Hall–Kier alpha value is -1.67. The van der Waals surface area contributed by atoms with E-state index < -0.39 is 17.6 Å². The maximum atomic E-state index is 13.7. The predicted octanol–water partition coefficient (Wildman–Crippen LogP) is 5.17. The van der Waals surface area contributed by atoms with Gasteiger partial charge in [-0.05, 0) is 45.0 Å². The summed E-state index contributed by atoms with van der Waals surface area (Å²) in [6.07, 6.45) is -3.68. The molecule has 0 spiro atoms. The highest BCUT2D eigenvalue weighted by molar-refractivity contribution is 7.15. The average Bonchev–Trinajstić information content (AvgIpc) is 2.86. The second-order valence-corrected chi connectivity index (χ2v) is 7.23. The van der Waals surface area contributed by atoms with E-state index in [2.05, 4.69) is 16.8 Å². The summed E-state index contributed by atoms with van der Waals surface area (Å²) in [5, 5.41) is 0.253. The minimum atomic E-state index is -4.62. The summed E-state index contributed by atoms with van der Waals surface area (Å²) in [6.45, 7) is 7.49. The summed E-state index contributed by atoms with van der Waals surface area (Å²) >= 11 is 1.22. The number of aromatic nitrogens is 1. The molecule has 0 aliphatic rings. The highest BCUT2D eigenvalue weighted by Crippen LogP contribution is 2.36. The van der Waals surface area contributed by atoms with E-state index in [0.29, 0.717) is 18.3 Å². The molecule has 2 rings (SSSR count). The summed E-state index contributed by atoms with van der Waals surface area (Å²) in [5.74, 6) is -0.948. The topological polar surface area (TPSA) is 42.1 Å². The van der Waals surface area contributed by atoms with Crippen molar-refractivity contribution in [3.05, 3.63) is 34.5 Å². The maximum absolute atomic E-state index is 13.7. The van der Waals surface area contributed by atoms with Gasteiger partial charge in [-0.2, -0.15) is 13.2 Å². The van der Waals surface area contributed by atoms with Gasteiger partial charge in [0.15, 0.2) is 5.13 Å². The summed E-state index contributed by atoms with van der Waals surface area (Å²) in [7, 11) is 0. The van der Waals surface area contributed by atoms with Crippen LogP contribution >= 0.6 is 11.3 Å². The van der Waals surface area contributed by atoms with Crippen LogP contribution in [0.15, 0.2) is 18.2 Å². The molecule has 138 valence electrons. The van der Waals surface area contributed by atoms with Crippen LogP contribution in [0.25, 0.3) is 11.3 Å². The first-order chi connectivity index (χ1) is 11.6. The van der Waals surface area contributed by atoms with Crippen molar-refractivity contribution < 1.29 is 17.6 Å². The van der Waals surface area contributed by atoms with Crippen molar-refractivity contribution in [3.8, 4) is 11.3 Å². The molecule has 0 bridgehead atoms. The maximum Gasteiger partial charge on any atom is 0.416 e. The van der Waals surface area contributed by atoms with Gasteiger partial charge >= 0.3 is 6.18 Å². The molecule has 1 heterocycles. The van der Waals surface area contributed by atoms with E-state index in [0.717, 1.165) is 30.0 Å². The van der Waals surface area contributed by atoms with Crippen LogP contribution in [0.5, 0.6) is 0 Å². The largest absolute Gasteiger partial charge is 0.416 e. The standard InChI is InChI=1S/C17H21F4N3S/c1-4-5-24(10(2)3)9-14-15(23-16(22)25-14)11-6-12(17(19,20)21)8-13(18)7-11/h6-8,10H,4-5,9H2,1-3H3,(H2,22,23). The minimum Gasteiger partial charge on any atom is -0.375 e. The van der Waals surface area contributed by atoms with Crippen LogP contribution in [0.2, 0.25) is 0 Å². The van der Waals surface area contributed by atoms with Gasteiger partial charge < -0.3 is 5.73 Å². The second-order valence-electron chi connectivity index (χ2n) is 6.11. The van der Waals surface area contributed by atoms with Gasteiger partial charge in [-0.15, -0.1) is 11.3 Å². The smallest absolute Gasteiger partial charge is 0.375 e. The van der Waals surface area contributed by atoms with Crippen LogP contribution in [0, 0.1) is 5.82 Å². The van der Waals surface area contributed by atoms with Crippen LogP contribution in [-0.4, -0.2) is 22.5 Å². The third-order valence-electron chi connectivity index (χ3n) is 3.80. The van der Waals surface area contributed by atoms with E-state index in [-0.39, 0.29) is 16.7 Å². The van der Waals surface area contributed by atoms with Gasteiger partial charge in [0, 0.05) is 23.0 Å². The predicted molar refractivity (Wildman–Crippen MR) is 92.8 cm³/mol. The minimum absolute atomic E-state index is 0.0930. The first kappa shape index (κ1) is 19.7. The molecule has 0 saturated heterocycles. The van der Waals surface area contributed by atoms with Crippen LogP contribution in [0.3, 0.4) is 0 Å². The quantitative estimate of drug-likeness (QED) is 0.708. The van der Waals surface area contributed by atoms with Gasteiger partial charge in [-0.25, -0.2) is 9.37 Å². The van der Waals surface area contributed by atoms with Gasteiger partial charge in [0.1, 0.15) is 5.82 Å². The van der Waals surface area contributed by atoms with Gasteiger partial charge in [0.25, 0.3) is 0 Å². The summed E-state index contributed by atoms with van der Waals surface area (Å²) < 4.78 is 52.6. The molecule has 2 aromatic rings. The number of anilines is 1. The Kier molecular flexibility index (Phi) is 6.05. The van der Waals surface area contributed by atoms with E-state index in [1.807, 2.05) is 13.8 Å². The van der Waals surface area contributed by atoms with E-state index in [1.54, 1.807) is 0 Å². The molecule has 2 N–H and O–H groups in total. The number of nitrogens with zero attached hydrogens (tertiary/aromatic N) is 2. The van der Waals surface area contributed by atoms with Crippen molar-refractivity contribution in [2.75, 3.05) is 12.3 Å². The summed E-state index contributed by atoms with van der Waals surface area (Å²) in [4.78, 5) is 7.07. The Balaban J connectivity index is 2.45. The summed E-state index contributed by atoms with van der Waals surface area (Å²) in [5.41, 5.74) is 5.15. The fourth-order valence-electron chi connectivity index (χ4n) is 2.58. The van der Waals surface area contributed by atoms with E-state index in [1.165, 1.54) is 11.3 Å². The van der Waals surface area contributed by atoms with Crippen molar-refractivity contribution in [2.24, 2.45) is 0 Å². The molecule has 0 radical (unpaired) electrons. The Morgan fingerprint density at radius 2 is 1.92 bits per heavy atom. The lowest BCUT2D eigenvalue weighted by molar-refractivity contribution is -0.137. The van der Waals surface area contributed by atoms with Crippen molar-refractivity contribution in [1.82, 2.24) is 9.88 Å². The highest BCUT2D eigenvalue weighted by atomic mass is 32.1. The van der Waals surface area contributed by atoms with Crippen molar-refractivity contribution >= 4 is 16.5 Å². The normalized spacial score (nSPS) is 12.4. The third-order valence-corrected chi connectivity index (χ3v) is 4.67. The van der Waals surface area contributed by atoms with Crippen molar-refractivity contribution in [1.29, 1.82) is 0 Å². The highest BCUT2D eigenvalue weighted by Gasteiger charge is 2.32. The van der Waals surface area contributed by atoms with Crippen LogP contribution in [-0.2, 0) is 12.7 Å². The molecule has 8 heteroatoms.